The first-order chi connectivity index (χ1) is 13.4. The lowest BCUT2D eigenvalue weighted by Gasteiger charge is -2.07. The second-order valence-corrected chi connectivity index (χ2v) is 7.58. The number of carbonyl (C=O) groups excluding carboxylic acids is 1. The maximum Gasteiger partial charge on any atom is 0.271 e. The third-order valence-corrected chi connectivity index (χ3v) is 5.25. The number of amides is 1. The molecule has 28 heavy (non-hydrogen) atoms. The Labute approximate surface area is 176 Å². The van der Waals surface area contributed by atoms with Gasteiger partial charge in [-0.1, -0.05) is 27.5 Å². The molecule has 0 bridgehead atoms. The summed E-state index contributed by atoms with van der Waals surface area (Å²) >= 11 is 9.52. The molecule has 0 fully saturated rings. The molecule has 0 atom stereocenters. The Kier molecular flexibility index (Phi) is 6.74. The van der Waals surface area contributed by atoms with Crippen molar-refractivity contribution >= 4 is 33.4 Å². The molecule has 1 amide bonds. The number of halogens is 2. The highest BCUT2D eigenvalue weighted by molar-refractivity contribution is 9.10. The van der Waals surface area contributed by atoms with E-state index in [1.54, 1.807) is 16.9 Å². The van der Waals surface area contributed by atoms with E-state index in [0.29, 0.717) is 23.8 Å². The molecule has 0 radical (unpaired) electrons. The fourth-order valence-electron chi connectivity index (χ4n) is 2.64. The molecule has 148 valence electrons. The summed E-state index contributed by atoms with van der Waals surface area (Å²) in [6, 6.07) is 9.18. The molecule has 0 saturated carbocycles. The highest BCUT2D eigenvalue weighted by Crippen LogP contribution is 2.19. The summed E-state index contributed by atoms with van der Waals surface area (Å²) < 4.78 is 10.1. The van der Waals surface area contributed by atoms with Gasteiger partial charge in [-0.15, -0.1) is 0 Å². The van der Waals surface area contributed by atoms with Crippen molar-refractivity contribution in [1.29, 1.82) is 0 Å². The van der Waals surface area contributed by atoms with Crippen LogP contribution in [0.15, 0.2) is 41.0 Å². The summed E-state index contributed by atoms with van der Waals surface area (Å²) in [6.45, 7) is 5.26. The molecule has 0 aliphatic heterocycles. The summed E-state index contributed by atoms with van der Waals surface area (Å²) in [5.74, 6) is 0.516. The Balaban J connectivity index is 1.43. The van der Waals surface area contributed by atoms with Crippen LogP contribution in [0.25, 0.3) is 0 Å². The van der Waals surface area contributed by atoms with Gasteiger partial charge in [0.1, 0.15) is 11.4 Å². The van der Waals surface area contributed by atoms with Crippen LogP contribution in [-0.4, -0.2) is 32.0 Å². The molecular formula is C19H21BrClN5O2. The number of nitrogens with one attached hydrogen (secondary N) is 1. The van der Waals surface area contributed by atoms with Crippen LogP contribution in [0, 0.1) is 13.8 Å². The molecule has 1 N–H and O–H groups in total. The number of hydrogen-bond donors (Lipinski definition) is 1. The monoisotopic (exact) mass is 465 g/mol. The standard InChI is InChI=1S/C19H21BrClN5O2/c1-13-18(21)14(2)26(23-13)10-3-9-22-19(27)17-8-11-25(24-17)12-28-16-6-4-15(20)5-7-16/h4-8,11H,3,9-10,12H2,1-2H3,(H,22,27). The van der Waals surface area contributed by atoms with Gasteiger partial charge in [0.15, 0.2) is 6.73 Å². The van der Waals surface area contributed by atoms with E-state index in [-0.39, 0.29) is 12.6 Å². The van der Waals surface area contributed by atoms with Gasteiger partial charge in [0.05, 0.1) is 16.4 Å². The van der Waals surface area contributed by atoms with Crippen LogP contribution in [0.5, 0.6) is 5.75 Å². The smallest absolute Gasteiger partial charge is 0.271 e. The zero-order valence-electron chi connectivity index (χ0n) is 15.7. The predicted octanol–water partition coefficient (Wildman–Crippen LogP) is 3.97. The maximum absolute atomic E-state index is 12.2. The van der Waals surface area contributed by atoms with E-state index in [4.69, 9.17) is 16.3 Å². The zero-order valence-corrected chi connectivity index (χ0v) is 18.0. The van der Waals surface area contributed by atoms with E-state index in [1.165, 1.54) is 0 Å². The average Bonchev–Trinajstić information content (AvgIpc) is 3.26. The average molecular weight is 467 g/mol. The largest absolute Gasteiger partial charge is 0.471 e. The van der Waals surface area contributed by atoms with Gasteiger partial charge >= 0.3 is 0 Å². The Morgan fingerprint density at radius 3 is 2.64 bits per heavy atom. The van der Waals surface area contributed by atoms with Crippen LogP contribution < -0.4 is 10.1 Å². The van der Waals surface area contributed by atoms with Crippen molar-refractivity contribution in [2.75, 3.05) is 6.54 Å². The Hall–Kier alpha value is -2.32. The Bertz CT molecular complexity index is 952. The first-order valence-corrected chi connectivity index (χ1v) is 10.0. The van der Waals surface area contributed by atoms with Gasteiger partial charge in [-0.05, 0) is 50.6 Å². The fourth-order valence-corrected chi connectivity index (χ4v) is 3.04. The lowest BCUT2D eigenvalue weighted by Crippen LogP contribution is -2.26. The summed E-state index contributed by atoms with van der Waals surface area (Å²) in [6.07, 6.45) is 2.46. The van der Waals surface area contributed by atoms with Crippen LogP contribution in [0.3, 0.4) is 0 Å². The minimum Gasteiger partial charge on any atom is -0.471 e. The first-order valence-electron chi connectivity index (χ1n) is 8.83. The minimum atomic E-state index is -0.214. The van der Waals surface area contributed by atoms with Gasteiger partial charge < -0.3 is 10.1 Å². The third-order valence-electron chi connectivity index (χ3n) is 4.18. The van der Waals surface area contributed by atoms with Crippen molar-refractivity contribution in [3.05, 3.63) is 63.1 Å². The molecule has 2 aromatic heterocycles. The molecule has 0 unspecified atom stereocenters. The molecule has 0 aliphatic carbocycles. The minimum absolute atomic E-state index is 0.214. The molecule has 1 aromatic carbocycles. The SMILES string of the molecule is Cc1nn(CCCNC(=O)c2ccn(COc3ccc(Br)cc3)n2)c(C)c1Cl. The lowest BCUT2D eigenvalue weighted by molar-refractivity contribution is 0.0945. The van der Waals surface area contributed by atoms with Gasteiger partial charge in [-0.3, -0.25) is 9.48 Å². The van der Waals surface area contributed by atoms with Gasteiger partial charge in [-0.2, -0.15) is 10.2 Å². The maximum atomic E-state index is 12.2. The van der Waals surface area contributed by atoms with Crippen molar-refractivity contribution in [2.45, 2.75) is 33.5 Å². The molecule has 3 aromatic rings. The summed E-state index contributed by atoms with van der Waals surface area (Å²) in [4.78, 5) is 12.2. The van der Waals surface area contributed by atoms with Crippen LogP contribution >= 0.6 is 27.5 Å². The van der Waals surface area contributed by atoms with Crippen LogP contribution in [-0.2, 0) is 13.3 Å². The summed E-state index contributed by atoms with van der Waals surface area (Å²) in [5, 5.41) is 12.2. The van der Waals surface area contributed by atoms with E-state index in [2.05, 4.69) is 31.4 Å². The summed E-state index contributed by atoms with van der Waals surface area (Å²) in [7, 11) is 0. The number of ether oxygens (including phenoxy) is 1. The van der Waals surface area contributed by atoms with Crippen molar-refractivity contribution in [3.8, 4) is 5.75 Å². The predicted molar refractivity (Wildman–Crippen MR) is 111 cm³/mol. The second-order valence-electron chi connectivity index (χ2n) is 6.29. The molecule has 7 nitrogen and oxygen atoms in total. The van der Waals surface area contributed by atoms with Gasteiger partial charge in [0.2, 0.25) is 0 Å². The third kappa shape index (κ3) is 5.14. The van der Waals surface area contributed by atoms with E-state index in [1.807, 2.05) is 42.8 Å². The zero-order chi connectivity index (χ0) is 20.1. The quantitative estimate of drug-likeness (QED) is 0.510. The number of hydrogen-bond acceptors (Lipinski definition) is 4. The number of nitrogens with zero attached hydrogens (tertiary/aromatic N) is 4. The molecule has 9 heteroatoms. The fraction of sp³-hybridized carbons (Fsp3) is 0.316. The van der Waals surface area contributed by atoms with Gasteiger partial charge in [-0.25, -0.2) is 4.68 Å². The molecule has 2 heterocycles. The number of carbonyl (C=O) groups is 1. The highest BCUT2D eigenvalue weighted by atomic mass is 79.9. The van der Waals surface area contributed by atoms with E-state index >= 15 is 0 Å². The summed E-state index contributed by atoms with van der Waals surface area (Å²) in [5.41, 5.74) is 2.11. The Morgan fingerprint density at radius 1 is 1.21 bits per heavy atom. The molecule has 0 saturated heterocycles. The molecule has 3 rings (SSSR count). The number of aromatic nitrogens is 4. The number of rotatable bonds is 8. The number of aryl methyl sites for hydroxylation is 2. The highest BCUT2D eigenvalue weighted by Gasteiger charge is 2.11. The van der Waals surface area contributed by atoms with Crippen LogP contribution in [0.2, 0.25) is 5.02 Å². The molecule has 0 spiro atoms. The van der Waals surface area contributed by atoms with Gasteiger partial charge in [0, 0.05) is 23.8 Å². The lowest BCUT2D eigenvalue weighted by atomic mass is 10.3. The van der Waals surface area contributed by atoms with Crippen molar-refractivity contribution in [1.82, 2.24) is 24.9 Å². The van der Waals surface area contributed by atoms with Crippen LogP contribution in [0.4, 0.5) is 0 Å². The topological polar surface area (TPSA) is 74.0 Å². The normalized spacial score (nSPS) is 10.9. The first kappa shape index (κ1) is 20.4. The van der Waals surface area contributed by atoms with E-state index < -0.39 is 0 Å². The van der Waals surface area contributed by atoms with Crippen molar-refractivity contribution in [2.24, 2.45) is 0 Å². The van der Waals surface area contributed by atoms with E-state index in [9.17, 15) is 4.79 Å². The van der Waals surface area contributed by atoms with Crippen molar-refractivity contribution < 1.29 is 9.53 Å². The second kappa shape index (κ2) is 9.25. The Morgan fingerprint density at radius 2 is 1.96 bits per heavy atom. The van der Waals surface area contributed by atoms with E-state index in [0.717, 1.165) is 28.0 Å². The molecule has 0 aliphatic rings. The molecular weight excluding hydrogens is 446 g/mol. The number of benzene rings is 1. The van der Waals surface area contributed by atoms with Crippen molar-refractivity contribution in [3.63, 3.8) is 0 Å². The van der Waals surface area contributed by atoms with Gasteiger partial charge in [0.25, 0.3) is 5.91 Å². The van der Waals surface area contributed by atoms with Crippen LogP contribution in [0.1, 0.15) is 28.3 Å².